The summed E-state index contributed by atoms with van der Waals surface area (Å²) in [7, 11) is 0. The van der Waals surface area contributed by atoms with Gasteiger partial charge >= 0.3 is 0 Å². The molecule has 0 amide bonds. The number of hydrogen-bond acceptors (Lipinski definition) is 5. The molecule has 0 aliphatic carbocycles. The van der Waals surface area contributed by atoms with Gasteiger partial charge in [0.15, 0.2) is 0 Å². The quantitative estimate of drug-likeness (QED) is 0.926. The first kappa shape index (κ1) is 13.8. The summed E-state index contributed by atoms with van der Waals surface area (Å²) in [4.78, 5) is 6.74. The molecule has 1 atom stereocenters. The Labute approximate surface area is 127 Å². The number of hydrogen-bond donors (Lipinski definition) is 1. The van der Waals surface area contributed by atoms with Gasteiger partial charge in [-0.25, -0.2) is 0 Å². The van der Waals surface area contributed by atoms with Crippen LogP contribution >= 0.6 is 23.5 Å². The van der Waals surface area contributed by atoms with Crippen LogP contribution in [-0.2, 0) is 11.3 Å². The average Bonchev–Trinajstić information content (AvgIpc) is 2.73. The van der Waals surface area contributed by atoms with E-state index < -0.39 is 0 Å². The van der Waals surface area contributed by atoms with Gasteiger partial charge in [-0.1, -0.05) is 42.1 Å². The maximum atomic E-state index is 5.90. The molecule has 0 saturated carbocycles. The van der Waals surface area contributed by atoms with Gasteiger partial charge in [0.05, 0.1) is 24.4 Å². The molecule has 2 heterocycles. The summed E-state index contributed by atoms with van der Waals surface area (Å²) in [6.45, 7) is 1.39. The molecule has 20 heavy (non-hydrogen) atoms. The minimum Gasteiger partial charge on any atom is -0.392 e. The third-order valence-corrected chi connectivity index (χ3v) is 5.55. The fourth-order valence-electron chi connectivity index (χ4n) is 2.12. The lowest BCUT2D eigenvalue weighted by atomic mass is 10.2. The molecule has 3 nitrogen and oxygen atoms in total. The van der Waals surface area contributed by atoms with Crippen molar-refractivity contribution < 1.29 is 4.74 Å². The summed E-state index contributed by atoms with van der Waals surface area (Å²) >= 11 is 3.46. The van der Waals surface area contributed by atoms with Gasteiger partial charge in [0, 0.05) is 27.7 Å². The number of ether oxygens (including phenoxy) is 1. The second-order valence-corrected chi connectivity index (χ2v) is 6.83. The number of thioether (sulfide) groups is 2. The Morgan fingerprint density at radius 2 is 2.15 bits per heavy atom. The molecule has 1 aromatic rings. The maximum absolute atomic E-state index is 5.90. The van der Waals surface area contributed by atoms with Crippen molar-refractivity contribution in [3.05, 3.63) is 56.9 Å². The summed E-state index contributed by atoms with van der Waals surface area (Å²) in [6, 6.07) is 10.3. The lowest BCUT2D eigenvalue weighted by molar-refractivity contribution is 0.105. The molecule has 0 spiro atoms. The second-order valence-electron chi connectivity index (χ2n) is 4.65. The minimum absolute atomic E-state index is 0.417. The van der Waals surface area contributed by atoms with E-state index in [9.17, 15) is 0 Å². The molecular formula is C15H16N2OS2. The van der Waals surface area contributed by atoms with Gasteiger partial charge in [0.25, 0.3) is 0 Å². The molecule has 5 heteroatoms. The van der Waals surface area contributed by atoms with Crippen LogP contribution in [0.4, 0.5) is 0 Å². The van der Waals surface area contributed by atoms with Gasteiger partial charge in [0.2, 0.25) is 0 Å². The Bertz CT molecular complexity index is 566. The van der Waals surface area contributed by atoms with E-state index in [0.29, 0.717) is 12.5 Å². The van der Waals surface area contributed by atoms with Crippen molar-refractivity contribution in [2.45, 2.75) is 6.61 Å². The van der Waals surface area contributed by atoms with Crippen LogP contribution in [0.15, 0.2) is 56.4 Å². The van der Waals surface area contributed by atoms with E-state index in [-0.39, 0.29) is 0 Å². The minimum atomic E-state index is 0.417. The largest absolute Gasteiger partial charge is 0.392 e. The molecule has 104 valence electrons. The van der Waals surface area contributed by atoms with Gasteiger partial charge in [0.1, 0.15) is 0 Å². The van der Waals surface area contributed by atoms with Crippen molar-refractivity contribution in [1.29, 1.82) is 0 Å². The average molecular weight is 304 g/mol. The van der Waals surface area contributed by atoms with Crippen molar-refractivity contribution >= 4 is 29.7 Å². The van der Waals surface area contributed by atoms with Crippen LogP contribution in [0.25, 0.3) is 0 Å². The van der Waals surface area contributed by atoms with E-state index in [0.717, 1.165) is 17.4 Å². The van der Waals surface area contributed by atoms with E-state index in [4.69, 9.17) is 10.5 Å². The number of allylic oxidation sites excluding steroid dienone is 1. The first-order chi connectivity index (χ1) is 9.83. The number of nitrogens with zero attached hydrogens (tertiary/aromatic N) is 1. The summed E-state index contributed by atoms with van der Waals surface area (Å²) in [5.74, 6) is 1.46. The van der Waals surface area contributed by atoms with Gasteiger partial charge in [-0.2, -0.15) is 0 Å². The molecule has 2 N–H and O–H groups in total. The molecule has 1 aromatic carbocycles. The SMILES string of the molecule is NC1=CN=CC2=C(S1)C(COCc1ccccc1)CS2. The highest BCUT2D eigenvalue weighted by molar-refractivity contribution is 8.10. The van der Waals surface area contributed by atoms with Crippen LogP contribution in [0, 0.1) is 5.92 Å². The Hall–Kier alpha value is -1.17. The molecule has 0 radical (unpaired) electrons. The van der Waals surface area contributed by atoms with Crippen LogP contribution in [0.2, 0.25) is 0 Å². The predicted molar refractivity (Wildman–Crippen MR) is 87.4 cm³/mol. The zero-order valence-electron chi connectivity index (χ0n) is 11.0. The van der Waals surface area contributed by atoms with Crippen molar-refractivity contribution in [3.63, 3.8) is 0 Å². The Kier molecular flexibility index (Phi) is 4.50. The molecule has 0 bridgehead atoms. The molecule has 3 rings (SSSR count). The van der Waals surface area contributed by atoms with Crippen molar-refractivity contribution in [3.8, 4) is 0 Å². The predicted octanol–water partition coefficient (Wildman–Crippen LogP) is 3.35. The summed E-state index contributed by atoms with van der Waals surface area (Å²) in [5.41, 5.74) is 7.11. The van der Waals surface area contributed by atoms with Gasteiger partial charge in [-0.05, 0) is 5.56 Å². The highest BCUT2D eigenvalue weighted by Crippen LogP contribution is 2.44. The zero-order chi connectivity index (χ0) is 13.8. The van der Waals surface area contributed by atoms with Crippen molar-refractivity contribution in [1.82, 2.24) is 0 Å². The molecule has 0 fully saturated rings. The van der Waals surface area contributed by atoms with Gasteiger partial charge in [-0.3, -0.25) is 4.99 Å². The first-order valence-corrected chi connectivity index (χ1v) is 8.28. The van der Waals surface area contributed by atoms with Gasteiger partial charge in [-0.15, -0.1) is 11.8 Å². The number of aliphatic imine (C=N–C) groups is 1. The highest BCUT2D eigenvalue weighted by Gasteiger charge is 2.27. The second kappa shape index (κ2) is 6.52. The topological polar surface area (TPSA) is 47.6 Å². The van der Waals surface area contributed by atoms with Crippen LogP contribution in [0.5, 0.6) is 0 Å². The number of nitrogens with two attached hydrogens (primary N) is 1. The summed E-state index contributed by atoms with van der Waals surface area (Å²) < 4.78 is 5.86. The molecule has 2 aliphatic rings. The molecule has 0 saturated heterocycles. The third-order valence-electron chi connectivity index (χ3n) is 3.11. The van der Waals surface area contributed by atoms with Crippen LogP contribution in [0.1, 0.15) is 5.56 Å². The first-order valence-electron chi connectivity index (χ1n) is 6.48. The van der Waals surface area contributed by atoms with Gasteiger partial charge < -0.3 is 10.5 Å². The monoisotopic (exact) mass is 304 g/mol. The van der Waals surface area contributed by atoms with E-state index in [1.165, 1.54) is 15.4 Å². The third kappa shape index (κ3) is 3.29. The van der Waals surface area contributed by atoms with Crippen LogP contribution in [0.3, 0.4) is 0 Å². The lowest BCUT2D eigenvalue weighted by Crippen LogP contribution is -2.11. The van der Waals surface area contributed by atoms with Crippen LogP contribution < -0.4 is 5.73 Å². The Morgan fingerprint density at radius 1 is 1.30 bits per heavy atom. The Morgan fingerprint density at radius 3 is 3.00 bits per heavy atom. The van der Waals surface area contributed by atoms with Crippen molar-refractivity contribution in [2.75, 3.05) is 12.4 Å². The normalized spacial score (nSPS) is 21.6. The van der Waals surface area contributed by atoms with E-state index in [1.54, 1.807) is 18.0 Å². The highest BCUT2D eigenvalue weighted by atomic mass is 32.2. The molecule has 2 aliphatic heterocycles. The smallest absolute Gasteiger partial charge is 0.0887 e. The zero-order valence-corrected chi connectivity index (χ0v) is 12.6. The summed E-state index contributed by atoms with van der Waals surface area (Å²) in [5, 5.41) is 0.752. The van der Waals surface area contributed by atoms with Crippen molar-refractivity contribution in [2.24, 2.45) is 16.6 Å². The molecule has 1 unspecified atom stereocenters. The van der Waals surface area contributed by atoms with Crippen LogP contribution in [-0.4, -0.2) is 18.6 Å². The lowest BCUT2D eigenvalue weighted by Gasteiger charge is -2.14. The molecule has 0 aromatic heterocycles. The van der Waals surface area contributed by atoms with E-state index in [2.05, 4.69) is 17.1 Å². The van der Waals surface area contributed by atoms with E-state index >= 15 is 0 Å². The fourth-order valence-corrected chi connectivity index (χ4v) is 4.46. The molecular weight excluding hydrogens is 288 g/mol. The Balaban J connectivity index is 1.58. The standard InChI is InChI=1S/C15H16N2OS2/c16-14-7-17-6-13-15(20-14)12(10-19-13)9-18-8-11-4-2-1-3-5-11/h1-7,12H,8-10,16H2. The maximum Gasteiger partial charge on any atom is 0.0887 e. The number of benzene rings is 1. The summed E-state index contributed by atoms with van der Waals surface area (Å²) in [6.07, 6.45) is 3.62. The van der Waals surface area contributed by atoms with E-state index in [1.807, 2.05) is 36.2 Å². The fraction of sp³-hybridized carbons (Fsp3) is 0.267. The number of rotatable bonds is 4.